The number of furan rings is 1. The van der Waals surface area contributed by atoms with Crippen molar-refractivity contribution in [1.82, 2.24) is 0 Å². The second-order valence-electron chi connectivity index (χ2n) is 3.43. The van der Waals surface area contributed by atoms with Crippen LogP contribution in [0.15, 0.2) is 28.7 Å². The normalized spacial score (nSPS) is 10.5. The van der Waals surface area contributed by atoms with Gasteiger partial charge >= 0.3 is 0 Å². The molecule has 0 aliphatic rings. The molecule has 1 aromatic carbocycles. The van der Waals surface area contributed by atoms with Crippen LogP contribution in [0.5, 0.6) is 5.75 Å². The predicted octanol–water partition coefficient (Wildman–Crippen LogP) is 2.57. The van der Waals surface area contributed by atoms with Crippen molar-refractivity contribution >= 4 is 16.8 Å². The highest BCUT2D eigenvalue weighted by Gasteiger charge is 2.15. The zero-order chi connectivity index (χ0) is 10.8. The van der Waals surface area contributed by atoms with E-state index < -0.39 is 0 Å². The number of Topliss-reactive ketones (excluding diaryl/α,β-unsaturated/α-hetero) is 1. The van der Waals surface area contributed by atoms with Crippen molar-refractivity contribution in [3.8, 4) is 5.75 Å². The molecule has 3 heteroatoms. The molecule has 0 aliphatic heterocycles. The molecule has 1 heterocycles. The van der Waals surface area contributed by atoms with Gasteiger partial charge in [0, 0.05) is 0 Å². The molecule has 78 valence electrons. The van der Waals surface area contributed by atoms with Crippen LogP contribution >= 0.6 is 0 Å². The SMILES string of the molecule is COc1c(CC(C)=O)oc2ccccc12. The Morgan fingerprint density at radius 2 is 2.13 bits per heavy atom. The summed E-state index contributed by atoms with van der Waals surface area (Å²) in [5.41, 5.74) is 0.755. The maximum atomic E-state index is 11.0. The lowest BCUT2D eigenvalue weighted by atomic mass is 10.2. The van der Waals surface area contributed by atoms with Crippen molar-refractivity contribution in [3.05, 3.63) is 30.0 Å². The summed E-state index contributed by atoms with van der Waals surface area (Å²) in [7, 11) is 1.58. The van der Waals surface area contributed by atoms with Crippen molar-refractivity contribution in [2.75, 3.05) is 7.11 Å². The summed E-state index contributed by atoms with van der Waals surface area (Å²) in [4.78, 5) is 11.0. The second kappa shape index (κ2) is 3.77. The molecule has 2 rings (SSSR count). The first-order valence-corrected chi connectivity index (χ1v) is 4.76. The van der Waals surface area contributed by atoms with Gasteiger partial charge in [-0.2, -0.15) is 0 Å². The van der Waals surface area contributed by atoms with E-state index in [9.17, 15) is 4.79 Å². The predicted molar refractivity (Wildman–Crippen MR) is 57.2 cm³/mol. The molecule has 0 fully saturated rings. The van der Waals surface area contributed by atoms with Crippen LogP contribution < -0.4 is 4.74 Å². The number of para-hydroxylation sites is 1. The summed E-state index contributed by atoms with van der Waals surface area (Å²) in [5, 5.41) is 0.913. The standard InChI is InChI=1S/C12H12O3/c1-8(13)7-11-12(14-2)9-5-3-4-6-10(9)15-11/h3-6H,7H2,1-2H3. The van der Waals surface area contributed by atoms with E-state index in [4.69, 9.17) is 9.15 Å². The highest BCUT2D eigenvalue weighted by molar-refractivity contribution is 5.88. The van der Waals surface area contributed by atoms with E-state index in [2.05, 4.69) is 0 Å². The molecular formula is C12H12O3. The number of benzene rings is 1. The maximum absolute atomic E-state index is 11.0. The summed E-state index contributed by atoms with van der Waals surface area (Å²) in [5.74, 6) is 1.33. The van der Waals surface area contributed by atoms with Crippen LogP contribution in [0, 0.1) is 0 Å². The molecular weight excluding hydrogens is 192 g/mol. The van der Waals surface area contributed by atoms with E-state index in [1.54, 1.807) is 7.11 Å². The van der Waals surface area contributed by atoms with Gasteiger partial charge in [0.2, 0.25) is 0 Å². The van der Waals surface area contributed by atoms with E-state index in [1.165, 1.54) is 6.92 Å². The van der Waals surface area contributed by atoms with E-state index in [0.29, 0.717) is 11.5 Å². The highest BCUT2D eigenvalue weighted by atomic mass is 16.5. The lowest BCUT2D eigenvalue weighted by Gasteiger charge is -1.98. The molecule has 0 bridgehead atoms. The summed E-state index contributed by atoms with van der Waals surface area (Å²) in [6.45, 7) is 1.53. The fourth-order valence-corrected chi connectivity index (χ4v) is 1.64. The Kier molecular flexibility index (Phi) is 2.46. The average Bonchev–Trinajstić information content (AvgIpc) is 2.53. The summed E-state index contributed by atoms with van der Waals surface area (Å²) >= 11 is 0. The van der Waals surface area contributed by atoms with Gasteiger partial charge in [0.1, 0.15) is 11.4 Å². The van der Waals surface area contributed by atoms with Crippen LogP contribution in [0.4, 0.5) is 0 Å². The quantitative estimate of drug-likeness (QED) is 0.771. The molecule has 1 aromatic heterocycles. The average molecular weight is 204 g/mol. The van der Waals surface area contributed by atoms with E-state index >= 15 is 0 Å². The molecule has 0 spiro atoms. The number of carbonyl (C=O) groups is 1. The van der Waals surface area contributed by atoms with Crippen LogP contribution in [0.1, 0.15) is 12.7 Å². The number of carbonyl (C=O) groups excluding carboxylic acids is 1. The van der Waals surface area contributed by atoms with Crippen molar-refractivity contribution in [2.24, 2.45) is 0 Å². The fourth-order valence-electron chi connectivity index (χ4n) is 1.64. The third-order valence-corrected chi connectivity index (χ3v) is 2.23. The minimum absolute atomic E-state index is 0.0624. The van der Waals surface area contributed by atoms with Gasteiger partial charge in [0.25, 0.3) is 0 Å². The van der Waals surface area contributed by atoms with Crippen molar-refractivity contribution < 1.29 is 13.9 Å². The molecule has 3 nitrogen and oxygen atoms in total. The lowest BCUT2D eigenvalue weighted by molar-refractivity contribution is -0.116. The van der Waals surface area contributed by atoms with Gasteiger partial charge in [0.05, 0.1) is 18.9 Å². The van der Waals surface area contributed by atoms with Crippen LogP contribution in [0.3, 0.4) is 0 Å². The fraction of sp³-hybridized carbons (Fsp3) is 0.250. The first-order valence-electron chi connectivity index (χ1n) is 4.76. The molecule has 0 atom stereocenters. The van der Waals surface area contributed by atoms with Gasteiger partial charge in [-0.05, 0) is 19.1 Å². The lowest BCUT2D eigenvalue weighted by Crippen LogP contribution is -1.96. The number of hydrogen-bond acceptors (Lipinski definition) is 3. The number of fused-ring (bicyclic) bond motifs is 1. The van der Waals surface area contributed by atoms with Gasteiger partial charge in [0.15, 0.2) is 11.5 Å². The Morgan fingerprint density at radius 1 is 1.40 bits per heavy atom. The Bertz CT molecular complexity index is 497. The van der Waals surface area contributed by atoms with E-state index in [-0.39, 0.29) is 12.2 Å². The molecule has 0 aliphatic carbocycles. The van der Waals surface area contributed by atoms with Crippen molar-refractivity contribution in [3.63, 3.8) is 0 Å². The van der Waals surface area contributed by atoms with Gasteiger partial charge in [-0.3, -0.25) is 4.79 Å². The molecule has 0 amide bonds. The Balaban J connectivity index is 2.58. The Labute approximate surface area is 87.6 Å². The zero-order valence-electron chi connectivity index (χ0n) is 8.74. The number of rotatable bonds is 3. The topological polar surface area (TPSA) is 39.4 Å². The molecule has 0 unspecified atom stereocenters. The number of methoxy groups -OCH3 is 1. The van der Waals surface area contributed by atoms with Gasteiger partial charge < -0.3 is 9.15 Å². The van der Waals surface area contributed by atoms with Crippen LogP contribution in [-0.2, 0) is 11.2 Å². The number of ketones is 1. The van der Waals surface area contributed by atoms with Gasteiger partial charge in [-0.1, -0.05) is 12.1 Å². The zero-order valence-corrected chi connectivity index (χ0v) is 8.74. The molecule has 15 heavy (non-hydrogen) atoms. The third-order valence-electron chi connectivity index (χ3n) is 2.23. The highest BCUT2D eigenvalue weighted by Crippen LogP contribution is 2.32. The minimum Gasteiger partial charge on any atom is -0.492 e. The second-order valence-corrected chi connectivity index (χ2v) is 3.43. The Morgan fingerprint density at radius 3 is 2.80 bits per heavy atom. The van der Waals surface area contributed by atoms with Crippen LogP contribution in [-0.4, -0.2) is 12.9 Å². The summed E-state index contributed by atoms with van der Waals surface area (Å²) in [6.07, 6.45) is 0.276. The van der Waals surface area contributed by atoms with Crippen molar-refractivity contribution in [1.29, 1.82) is 0 Å². The van der Waals surface area contributed by atoms with E-state index in [0.717, 1.165) is 11.0 Å². The van der Waals surface area contributed by atoms with Crippen molar-refractivity contribution in [2.45, 2.75) is 13.3 Å². The maximum Gasteiger partial charge on any atom is 0.168 e. The third kappa shape index (κ3) is 1.73. The summed E-state index contributed by atoms with van der Waals surface area (Å²) < 4.78 is 10.8. The molecule has 0 N–H and O–H groups in total. The number of hydrogen-bond donors (Lipinski definition) is 0. The smallest absolute Gasteiger partial charge is 0.168 e. The molecule has 0 saturated carbocycles. The largest absolute Gasteiger partial charge is 0.492 e. The first kappa shape index (κ1) is 9.77. The molecule has 0 radical (unpaired) electrons. The summed E-state index contributed by atoms with van der Waals surface area (Å²) in [6, 6.07) is 7.59. The number of ether oxygens (including phenoxy) is 1. The molecule has 2 aromatic rings. The minimum atomic E-state index is 0.0624. The van der Waals surface area contributed by atoms with Gasteiger partial charge in [-0.15, -0.1) is 0 Å². The van der Waals surface area contributed by atoms with E-state index in [1.807, 2.05) is 24.3 Å². The Hall–Kier alpha value is -1.77. The first-order chi connectivity index (χ1) is 7.22. The molecule has 0 saturated heterocycles. The van der Waals surface area contributed by atoms with Gasteiger partial charge in [-0.25, -0.2) is 0 Å². The van der Waals surface area contributed by atoms with Crippen LogP contribution in [0.25, 0.3) is 11.0 Å². The van der Waals surface area contributed by atoms with Crippen LogP contribution in [0.2, 0.25) is 0 Å². The monoisotopic (exact) mass is 204 g/mol.